The van der Waals surface area contributed by atoms with Crippen LogP contribution in [0.1, 0.15) is 39.0 Å². The molecule has 6 heteroatoms. The summed E-state index contributed by atoms with van der Waals surface area (Å²) in [5, 5.41) is 10.2. The van der Waals surface area contributed by atoms with E-state index in [1.54, 1.807) is 7.11 Å². The lowest BCUT2D eigenvalue weighted by atomic mass is 9.76. The molecule has 1 aromatic heterocycles. The normalized spacial score (nSPS) is 22.4. The van der Waals surface area contributed by atoms with Crippen LogP contribution < -0.4 is 9.64 Å². The molecule has 2 heterocycles. The van der Waals surface area contributed by atoms with Crippen molar-refractivity contribution in [3.8, 4) is 5.75 Å². The number of anilines is 1. The Balaban J connectivity index is 2.22. The topological polar surface area (TPSA) is 58.5 Å². The summed E-state index contributed by atoms with van der Waals surface area (Å²) in [5.74, 6) is 1.25. The average Bonchev–Trinajstić information content (AvgIpc) is 2.53. The van der Waals surface area contributed by atoms with Crippen molar-refractivity contribution in [1.29, 1.82) is 0 Å². The van der Waals surface area contributed by atoms with E-state index < -0.39 is 0 Å². The molecule has 0 amide bonds. The number of hydrogen-bond donors (Lipinski definition) is 1. The molecule has 118 valence electrons. The lowest BCUT2D eigenvalue weighted by Gasteiger charge is -2.42. The number of aliphatic hydroxyl groups excluding tert-OH is 1. The van der Waals surface area contributed by atoms with E-state index in [0.717, 1.165) is 51.0 Å². The number of nitrogens with zero attached hydrogens (tertiary/aromatic N) is 3. The first-order valence-corrected chi connectivity index (χ1v) is 7.94. The highest BCUT2D eigenvalue weighted by Gasteiger charge is 2.36. The van der Waals surface area contributed by atoms with Crippen molar-refractivity contribution >= 4 is 17.4 Å². The van der Waals surface area contributed by atoms with Gasteiger partial charge in [0.05, 0.1) is 13.7 Å². The summed E-state index contributed by atoms with van der Waals surface area (Å²) in [4.78, 5) is 10.5. The van der Waals surface area contributed by atoms with Crippen LogP contribution in [0, 0.1) is 5.41 Å². The predicted molar refractivity (Wildman–Crippen MR) is 84.1 cm³/mol. The number of ether oxygens (including phenoxy) is 1. The number of hydrogen-bond acceptors (Lipinski definition) is 5. The summed E-state index contributed by atoms with van der Waals surface area (Å²) >= 11 is 6.09. The van der Waals surface area contributed by atoms with Gasteiger partial charge in [-0.3, -0.25) is 0 Å². The van der Waals surface area contributed by atoms with Gasteiger partial charge < -0.3 is 14.7 Å². The van der Waals surface area contributed by atoms with Crippen molar-refractivity contribution in [1.82, 2.24) is 9.97 Å². The molecule has 1 aromatic rings. The van der Waals surface area contributed by atoms with Gasteiger partial charge in [0.25, 0.3) is 0 Å². The number of rotatable bonds is 6. The Hall–Kier alpha value is -1.07. The van der Waals surface area contributed by atoms with Crippen LogP contribution in [0.2, 0.25) is 5.15 Å². The van der Waals surface area contributed by atoms with Crippen LogP contribution in [-0.2, 0) is 0 Å². The van der Waals surface area contributed by atoms with Crippen LogP contribution >= 0.6 is 11.6 Å². The molecule has 0 aromatic carbocycles. The van der Waals surface area contributed by atoms with E-state index in [0.29, 0.717) is 10.9 Å². The number of unbranched alkanes of at least 4 members (excludes halogenated alkanes) is 1. The van der Waals surface area contributed by atoms with Gasteiger partial charge in [0.2, 0.25) is 0 Å². The molecule has 0 saturated carbocycles. The van der Waals surface area contributed by atoms with Gasteiger partial charge in [-0.2, -0.15) is 0 Å². The molecule has 1 N–H and O–H groups in total. The second kappa shape index (κ2) is 7.27. The Labute approximate surface area is 131 Å². The van der Waals surface area contributed by atoms with Gasteiger partial charge in [0.1, 0.15) is 6.33 Å². The van der Waals surface area contributed by atoms with Gasteiger partial charge in [-0.1, -0.05) is 31.4 Å². The van der Waals surface area contributed by atoms with Crippen molar-refractivity contribution in [3.63, 3.8) is 0 Å². The van der Waals surface area contributed by atoms with E-state index in [-0.39, 0.29) is 12.0 Å². The zero-order chi connectivity index (χ0) is 15.3. The maximum Gasteiger partial charge on any atom is 0.199 e. The van der Waals surface area contributed by atoms with E-state index in [1.807, 2.05) is 0 Å². The molecule has 0 bridgehead atoms. The number of methoxy groups -OCH3 is 1. The zero-order valence-corrected chi connectivity index (χ0v) is 13.6. The Morgan fingerprint density at radius 2 is 2.29 bits per heavy atom. The van der Waals surface area contributed by atoms with Crippen molar-refractivity contribution in [2.45, 2.75) is 39.0 Å². The Kier molecular flexibility index (Phi) is 5.65. The standard InChI is InChI=1S/C15H24ClN3O2/c1-3-4-6-15(10-20)7-5-8-19(9-15)14-12(21-2)13(16)17-11-18-14/h11,20H,3-10H2,1-2H3. The first kappa shape index (κ1) is 16.3. The van der Waals surface area contributed by atoms with Crippen molar-refractivity contribution in [2.24, 2.45) is 5.41 Å². The lowest BCUT2D eigenvalue weighted by Crippen LogP contribution is -2.46. The molecule has 0 spiro atoms. The highest BCUT2D eigenvalue weighted by molar-refractivity contribution is 6.31. The second-order valence-corrected chi connectivity index (χ2v) is 6.17. The van der Waals surface area contributed by atoms with E-state index in [1.165, 1.54) is 6.33 Å². The number of halogens is 1. The van der Waals surface area contributed by atoms with E-state index >= 15 is 0 Å². The molecular formula is C15H24ClN3O2. The maximum absolute atomic E-state index is 9.90. The van der Waals surface area contributed by atoms with Crippen molar-refractivity contribution in [3.05, 3.63) is 11.5 Å². The average molecular weight is 314 g/mol. The number of piperidine rings is 1. The SMILES string of the molecule is CCCCC1(CO)CCCN(c2ncnc(Cl)c2OC)C1. The van der Waals surface area contributed by atoms with Crippen molar-refractivity contribution in [2.75, 3.05) is 31.7 Å². The minimum Gasteiger partial charge on any atom is -0.490 e. The summed E-state index contributed by atoms with van der Waals surface area (Å²) in [6, 6.07) is 0. The number of aliphatic hydroxyl groups is 1. The van der Waals surface area contributed by atoms with Gasteiger partial charge in [-0.05, 0) is 19.3 Å². The molecule has 1 atom stereocenters. The molecule has 21 heavy (non-hydrogen) atoms. The summed E-state index contributed by atoms with van der Waals surface area (Å²) in [7, 11) is 1.58. The first-order chi connectivity index (χ1) is 10.2. The smallest absolute Gasteiger partial charge is 0.199 e. The number of aromatic nitrogens is 2. The third-order valence-electron chi connectivity index (χ3n) is 4.30. The second-order valence-electron chi connectivity index (χ2n) is 5.81. The van der Waals surface area contributed by atoms with Gasteiger partial charge in [-0.15, -0.1) is 0 Å². The fourth-order valence-electron chi connectivity index (χ4n) is 3.10. The Morgan fingerprint density at radius 3 is 2.95 bits per heavy atom. The molecule has 5 nitrogen and oxygen atoms in total. The van der Waals surface area contributed by atoms with Crippen LogP contribution in [-0.4, -0.2) is 41.9 Å². The minimum atomic E-state index is -0.0449. The third-order valence-corrected chi connectivity index (χ3v) is 4.57. The van der Waals surface area contributed by atoms with E-state index in [4.69, 9.17) is 16.3 Å². The first-order valence-electron chi connectivity index (χ1n) is 7.56. The van der Waals surface area contributed by atoms with Crippen LogP contribution in [0.4, 0.5) is 5.82 Å². The molecule has 1 aliphatic rings. The maximum atomic E-state index is 9.90. The lowest BCUT2D eigenvalue weighted by molar-refractivity contribution is 0.0934. The summed E-state index contributed by atoms with van der Waals surface area (Å²) in [5.41, 5.74) is -0.0449. The molecule has 2 rings (SSSR count). The van der Waals surface area contributed by atoms with Crippen LogP contribution in [0.15, 0.2) is 6.33 Å². The van der Waals surface area contributed by atoms with Crippen molar-refractivity contribution < 1.29 is 9.84 Å². The van der Waals surface area contributed by atoms with Crippen LogP contribution in [0.3, 0.4) is 0 Å². The molecule has 1 fully saturated rings. The third kappa shape index (κ3) is 3.58. The quantitative estimate of drug-likeness (QED) is 0.818. The molecule has 1 saturated heterocycles. The molecule has 0 radical (unpaired) electrons. The predicted octanol–water partition coefficient (Wildman–Crippen LogP) is 2.91. The van der Waals surface area contributed by atoms with Gasteiger partial charge >= 0.3 is 0 Å². The van der Waals surface area contributed by atoms with Gasteiger partial charge in [0.15, 0.2) is 16.7 Å². The molecule has 1 unspecified atom stereocenters. The van der Waals surface area contributed by atoms with Crippen LogP contribution in [0.25, 0.3) is 0 Å². The molecule has 1 aliphatic heterocycles. The highest BCUT2D eigenvalue weighted by atomic mass is 35.5. The molecule has 0 aliphatic carbocycles. The zero-order valence-electron chi connectivity index (χ0n) is 12.8. The Morgan fingerprint density at radius 1 is 1.48 bits per heavy atom. The van der Waals surface area contributed by atoms with E-state index in [9.17, 15) is 5.11 Å². The minimum absolute atomic E-state index is 0.0449. The van der Waals surface area contributed by atoms with Crippen LogP contribution in [0.5, 0.6) is 5.75 Å². The largest absolute Gasteiger partial charge is 0.490 e. The van der Waals surface area contributed by atoms with E-state index in [2.05, 4.69) is 21.8 Å². The summed E-state index contributed by atoms with van der Waals surface area (Å²) in [6.45, 7) is 4.08. The fourth-order valence-corrected chi connectivity index (χ4v) is 3.30. The fraction of sp³-hybridized carbons (Fsp3) is 0.733. The summed E-state index contributed by atoms with van der Waals surface area (Å²) < 4.78 is 5.35. The highest BCUT2D eigenvalue weighted by Crippen LogP contribution is 2.39. The Bertz CT molecular complexity index is 472. The summed E-state index contributed by atoms with van der Waals surface area (Å²) in [6.07, 6.45) is 6.87. The monoisotopic (exact) mass is 313 g/mol. The van der Waals surface area contributed by atoms with Gasteiger partial charge in [0, 0.05) is 18.5 Å². The molecular weight excluding hydrogens is 290 g/mol. The van der Waals surface area contributed by atoms with Gasteiger partial charge in [-0.25, -0.2) is 9.97 Å².